The lowest BCUT2D eigenvalue weighted by Gasteiger charge is -2.16. The Bertz CT molecular complexity index is 1110. The first-order valence-electron chi connectivity index (χ1n) is 8.79. The second-order valence-corrected chi connectivity index (χ2v) is 6.64. The number of benzene rings is 2. The SMILES string of the molecule is CC(C(=O)Nc1cccc2c(=O)n([C@H](C)C(N)=O)ccc12)c1ccc(F)cc1. The zero-order chi connectivity index (χ0) is 20.4. The van der Waals surface area contributed by atoms with Crippen molar-refractivity contribution in [1.82, 2.24) is 4.57 Å². The predicted octanol–water partition coefficient (Wildman–Crippen LogP) is 2.93. The molecule has 3 aromatic rings. The zero-order valence-corrected chi connectivity index (χ0v) is 15.5. The van der Waals surface area contributed by atoms with Crippen LogP contribution in [0.25, 0.3) is 10.8 Å². The van der Waals surface area contributed by atoms with Crippen LogP contribution in [0.3, 0.4) is 0 Å². The smallest absolute Gasteiger partial charge is 0.259 e. The third-order valence-corrected chi connectivity index (χ3v) is 4.82. The van der Waals surface area contributed by atoms with Gasteiger partial charge in [-0.15, -0.1) is 0 Å². The average molecular weight is 381 g/mol. The van der Waals surface area contributed by atoms with Gasteiger partial charge in [-0.1, -0.05) is 18.2 Å². The molecule has 6 nitrogen and oxygen atoms in total. The van der Waals surface area contributed by atoms with E-state index in [4.69, 9.17) is 5.73 Å². The zero-order valence-electron chi connectivity index (χ0n) is 15.5. The van der Waals surface area contributed by atoms with Crippen LogP contribution in [0.2, 0.25) is 0 Å². The minimum absolute atomic E-state index is 0.284. The number of anilines is 1. The highest BCUT2D eigenvalue weighted by Crippen LogP contribution is 2.24. The Morgan fingerprint density at radius 1 is 1.04 bits per heavy atom. The van der Waals surface area contributed by atoms with Crippen LogP contribution in [0, 0.1) is 5.82 Å². The molecule has 2 atom stereocenters. The summed E-state index contributed by atoms with van der Waals surface area (Å²) >= 11 is 0. The number of aromatic nitrogens is 1. The van der Waals surface area contributed by atoms with Gasteiger partial charge in [-0.3, -0.25) is 14.4 Å². The molecule has 7 heteroatoms. The highest BCUT2D eigenvalue weighted by molar-refractivity contribution is 6.03. The number of halogens is 1. The van der Waals surface area contributed by atoms with Crippen LogP contribution in [0.1, 0.15) is 31.4 Å². The van der Waals surface area contributed by atoms with E-state index in [2.05, 4.69) is 5.32 Å². The molecule has 0 fully saturated rings. The van der Waals surface area contributed by atoms with E-state index < -0.39 is 17.9 Å². The molecule has 0 spiro atoms. The van der Waals surface area contributed by atoms with Gasteiger partial charge in [0.25, 0.3) is 5.56 Å². The average Bonchev–Trinajstić information content (AvgIpc) is 2.68. The Labute approximate surface area is 160 Å². The van der Waals surface area contributed by atoms with Crippen molar-refractivity contribution >= 4 is 28.3 Å². The third-order valence-electron chi connectivity index (χ3n) is 4.82. The summed E-state index contributed by atoms with van der Waals surface area (Å²) in [7, 11) is 0. The molecule has 0 aliphatic carbocycles. The van der Waals surface area contributed by atoms with Crippen LogP contribution in [0.5, 0.6) is 0 Å². The Kier molecular flexibility index (Phi) is 5.26. The van der Waals surface area contributed by atoms with Crippen molar-refractivity contribution in [3.05, 3.63) is 76.5 Å². The molecule has 0 aliphatic rings. The van der Waals surface area contributed by atoms with Crippen LogP contribution < -0.4 is 16.6 Å². The number of primary amides is 1. The number of nitrogens with zero attached hydrogens (tertiary/aromatic N) is 1. The van der Waals surface area contributed by atoms with Gasteiger partial charge in [0.1, 0.15) is 11.9 Å². The van der Waals surface area contributed by atoms with E-state index in [0.29, 0.717) is 22.0 Å². The molecule has 1 aromatic heterocycles. The van der Waals surface area contributed by atoms with Gasteiger partial charge in [0, 0.05) is 22.7 Å². The first kappa shape index (κ1) is 19.3. The monoisotopic (exact) mass is 381 g/mol. The maximum Gasteiger partial charge on any atom is 0.259 e. The van der Waals surface area contributed by atoms with Crippen LogP contribution in [-0.4, -0.2) is 16.4 Å². The fraction of sp³-hybridized carbons (Fsp3) is 0.190. The first-order valence-corrected chi connectivity index (χ1v) is 8.79. The number of hydrogen-bond acceptors (Lipinski definition) is 3. The van der Waals surface area contributed by atoms with Crippen LogP contribution in [0.15, 0.2) is 59.5 Å². The van der Waals surface area contributed by atoms with Crippen molar-refractivity contribution in [3.63, 3.8) is 0 Å². The van der Waals surface area contributed by atoms with Gasteiger partial charge in [-0.2, -0.15) is 0 Å². The van der Waals surface area contributed by atoms with Crippen molar-refractivity contribution in [2.24, 2.45) is 5.73 Å². The van der Waals surface area contributed by atoms with Crippen molar-refractivity contribution < 1.29 is 14.0 Å². The lowest BCUT2D eigenvalue weighted by atomic mass is 10.00. The predicted molar refractivity (Wildman–Crippen MR) is 106 cm³/mol. The number of fused-ring (bicyclic) bond motifs is 1. The maximum atomic E-state index is 13.1. The van der Waals surface area contributed by atoms with E-state index in [1.54, 1.807) is 50.2 Å². The largest absolute Gasteiger partial charge is 0.368 e. The van der Waals surface area contributed by atoms with Crippen LogP contribution >= 0.6 is 0 Å². The number of carbonyl (C=O) groups is 2. The quantitative estimate of drug-likeness (QED) is 0.711. The van der Waals surface area contributed by atoms with E-state index in [0.717, 1.165) is 0 Å². The van der Waals surface area contributed by atoms with Gasteiger partial charge in [0.15, 0.2) is 0 Å². The lowest BCUT2D eigenvalue weighted by Crippen LogP contribution is -2.31. The number of nitrogens with one attached hydrogen (secondary N) is 1. The number of amides is 2. The number of nitrogens with two attached hydrogens (primary N) is 1. The standard InChI is InChI=1S/C21H20FN3O3/c1-12(14-6-8-15(22)9-7-14)20(27)24-18-5-3-4-17-16(18)10-11-25(21(17)28)13(2)19(23)26/h3-13H,1-2H3,(H2,23,26)(H,24,27)/t12?,13-/m1/s1. The summed E-state index contributed by atoms with van der Waals surface area (Å²) in [6.07, 6.45) is 1.49. The fourth-order valence-electron chi connectivity index (χ4n) is 2.99. The Morgan fingerprint density at radius 2 is 1.71 bits per heavy atom. The summed E-state index contributed by atoms with van der Waals surface area (Å²) in [4.78, 5) is 36.8. The molecule has 144 valence electrons. The molecule has 0 saturated heterocycles. The highest BCUT2D eigenvalue weighted by Gasteiger charge is 2.18. The summed E-state index contributed by atoms with van der Waals surface area (Å²) in [5, 5.41) is 3.74. The topological polar surface area (TPSA) is 94.2 Å². The van der Waals surface area contributed by atoms with Gasteiger partial charge < -0.3 is 15.6 Å². The third kappa shape index (κ3) is 3.64. The molecule has 2 amide bonds. The van der Waals surface area contributed by atoms with Gasteiger partial charge in [-0.05, 0) is 49.7 Å². The maximum absolute atomic E-state index is 13.1. The molecule has 3 rings (SSSR count). The normalized spacial score (nSPS) is 13.1. The summed E-state index contributed by atoms with van der Waals surface area (Å²) in [5.74, 6) is -1.77. The summed E-state index contributed by atoms with van der Waals surface area (Å²) < 4.78 is 14.3. The van der Waals surface area contributed by atoms with E-state index in [1.807, 2.05) is 0 Å². The van der Waals surface area contributed by atoms with Crippen LogP contribution in [0.4, 0.5) is 10.1 Å². The molecule has 3 N–H and O–H groups in total. The number of carbonyl (C=O) groups excluding carboxylic acids is 2. The minimum Gasteiger partial charge on any atom is -0.368 e. The second kappa shape index (κ2) is 7.64. The Morgan fingerprint density at radius 3 is 2.36 bits per heavy atom. The number of rotatable bonds is 5. The van der Waals surface area contributed by atoms with Crippen molar-refractivity contribution in [3.8, 4) is 0 Å². The van der Waals surface area contributed by atoms with Gasteiger partial charge >= 0.3 is 0 Å². The first-order chi connectivity index (χ1) is 13.3. The van der Waals surface area contributed by atoms with Crippen molar-refractivity contribution in [1.29, 1.82) is 0 Å². The molecule has 1 heterocycles. The molecule has 1 unspecified atom stereocenters. The van der Waals surface area contributed by atoms with Crippen LogP contribution in [-0.2, 0) is 9.59 Å². The fourth-order valence-corrected chi connectivity index (χ4v) is 2.99. The van der Waals surface area contributed by atoms with Gasteiger partial charge in [0.05, 0.1) is 5.92 Å². The molecule has 0 saturated carbocycles. The second-order valence-electron chi connectivity index (χ2n) is 6.64. The number of hydrogen-bond donors (Lipinski definition) is 2. The minimum atomic E-state index is -0.784. The summed E-state index contributed by atoms with van der Waals surface area (Å²) in [6.45, 7) is 3.26. The molecule has 0 aliphatic heterocycles. The summed E-state index contributed by atoms with van der Waals surface area (Å²) in [5.41, 5.74) is 6.08. The number of pyridine rings is 1. The van der Waals surface area contributed by atoms with Crippen molar-refractivity contribution in [2.75, 3.05) is 5.32 Å². The van der Waals surface area contributed by atoms with E-state index >= 15 is 0 Å². The molecule has 2 aromatic carbocycles. The van der Waals surface area contributed by atoms with Gasteiger partial charge in [-0.25, -0.2) is 4.39 Å². The summed E-state index contributed by atoms with van der Waals surface area (Å²) in [6, 6.07) is 11.6. The molecule has 28 heavy (non-hydrogen) atoms. The molecular formula is C21H20FN3O3. The highest BCUT2D eigenvalue weighted by atomic mass is 19.1. The van der Waals surface area contributed by atoms with E-state index in [1.165, 1.54) is 22.9 Å². The van der Waals surface area contributed by atoms with Gasteiger partial charge in [0.2, 0.25) is 11.8 Å². The van der Waals surface area contributed by atoms with E-state index in [9.17, 15) is 18.8 Å². The van der Waals surface area contributed by atoms with E-state index in [-0.39, 0.29) is 17.3 Å². The molecular weight excluding hydrogens is 361 g/mol. The lowest BCUT2D eigenvalue weighted by molar-refractivity contribution is -0.120. The van der Waals surface area contributed by atoms with Crippen molar-refractivity contribution in [2.45, 2.75) is 25.8 Å². The Balaban J connectivity index is 1.94. The molecule has 0 bridgehead atoms. The Hall–Kier alpha value is -3.48. The molecule has 0 radical (unpaired) electrons.